The van der Waals surface area contributed by atoms with Crippen molar-refractivity contribution in [3.05, 3.63) is 63.5 Å². The molecule has 0 radical (unpaired) electrons. The van der Waals surface area contributed by atoms with Crippen LogP contribution in [0, 0.1) is 15.9 Å². The number of nitrogens with zero attached hydrogens (tertiary/aromatic N) is 1. The maximum Gasteiger partial charge on any atom is 0.286 e. The number of carbonyl (C=O) groups excluding carboxylic acids is 1. The highest BCUT2D eigenvalue weighted by atomic mass is 19.1. The third-order valence-corrected chi connectivity index (χ3v) is 6.12. The summed E-state index contributed by atoms with van der Waals surface area (Å²) < 4.78 is 29.2. The van der Waals surface area contributed by atoms with Crippen LogP contribution in [0.1, 0.15) is 48.0 Å². The molecule has 1 fully saturated rings. The predicted molar refractivity (Wildman–Crippen MR) is 121 cm³/mol. The van der Waals surface area contributed by atoms with E-state index in [0.29, 0.717) is 13.2 Å². The molecular formula is C24H29FN2O6. The van der Waals surface area contributed by atoms with Crippen molar-refractivity contribution in [3.63, 3.8) is 0 Å². The first kappa shape index (κ1) is 24.4. The van der Waals surface area contributed by atoms with Gasteiger partial charge in [-0.25, -0.2) is 4.39 Å². The van der Waals surface area contributed by atoms with Crippen LogP contribution in [0.3, 0.4) is 0 Å². The first-order chi connectivity index (χ1) is 15.9. The van der Waals surface area contributed by atoms with E-state index in [1.807, 2.05) is 0 Å². The number of nitro groups is 1. The fourth-order valence-corrected chi connectivity index (χ4v) is 4.33. The molecule has 0 spiro atoms. The number of hydrogen-bond acceptors (Lipinski definition) is 6. The van der Waals surface area contributed by atoms with E-state index in [1.54, 1.807) is 12.1 Å². The smallest absolute Gasteiger partial charge is 0.286 e. The third-order valence-electron chi connectivity index (χ3n) is 6.12. The average Bonchev–Trinajstić information content (AvgIpc) is 2.83. The minimum atomic E-state index is -0.617. The van der Waals surface area contributed by atoms with Gasteiger partial charge >= 0.3 is 0 Å². The molecule has 0 aromatic heterocycles. The SMILES string of the molecule is COCCOc1cc([N+](=O)[O-])c(C(=O)NCC2(c3ccc(F)cc3)CCCCC2)cc1OC. The standard InChI is InChI=1S/C24H29FN2O6/c1-31-12-13-33-22-15-20(27(29)30)19(14-21(22)32-2)23(28)26-16-24(10-4-3-5-11-24)17-6-8-18(25)9-7-17/h6-9,14-15H,3-5,10-13,16H2,1-2H3,(H,26,28). The average molecular weight is 461 g/mol. The summed E-state index contributed by atoms with van der Waals surface area (Å²) in [5.41, 5.74) is 0.128. The number of methoxy groups -OCH3 is 2. The fraction of sp³-hybridized carbons (Fsp3) is 0.458. The van der Waals surface area contributed by atoms with Gasteiger partial charge in [0.25, 0.3) is 11.6 Å². The van der Waals surface area contributed by atoms with E-state index < -0.39 is 10.8 Å². The highest BCUT2D eigenvalue weighted by molar-refractivity contribution is 5.99. The summed E-state index contributed by atoms with van der Waals surface area (Å²) in [6.07, 6.45) is 4.78. The minimum Gasteiger partial charge on any atom is -0.493 e. The Balaban J connectivity index is 1.85. The molecule has 0 heterocycles. The van der Waals surface area contributed by atoms with Gasteiger partial charge in [-0.05, 0) is 30.5 Å². The second-order valence-electron chi connectivity index (χ2n) is 8.15. The van der Waals surface area contributed by atoms with Crippen molar-refractivity contribution in [3.8, 4) is 11.5 Å². The monoisotopic (exact) mass is 460 g/mol. The van der Waals surface area contributed by atoms with Gasteiger partial charge < -0.3 is 19.5 Å². The van der Waals surface area contributed by atoms with Crippen molar-refractivity contribution in [2.75, 3.05) is 34.0 Å². The van der Waals surface area contributed by atoms with Crippen molar-refractivity contribution in [2.24, 2.45) is 0 Å². The molecule has 0 bridgehead atoms. The van der Waals surface area contributed by atoms with Crippen LogP contribution in [0.5, 0.6) is 11.5 Å². The number of rotatable bonds is 10. The number of amides is 1. The lowest BCUT2D eigenvalue weighted by atomic mass is 9.69. The quantitative estimate of drug-likeness (QED) is 0.320. The third kappa shape index (κ3) is 5.78. The molecule has 33 heavy (non-hydrogen) atoms. The summed E-state index contributed by atoms with van der Waals surface area (Å²) in [4.78, 5) is 24.2. The van der Waals surface area contributed by atoms with Gasteiger partial charge in [0.05, 0.1) is 24.7 Å². The number of benzene rings is 2. The van der Waals surface area contributed by atoms with Crippen LogP contribution in [0.15, 0.2) is 36.4 Å². The first-order valence-corrected chi connectivity index (χ1v) is 10.9. The van der Waals surface area contributed by atoms with E-state index in [2.05, 4.69) is 5.32 Å². The maximum atomic E-state index is 13.5. The molecule has 1 aliphatic carbocycles. The Labute approximate surface area is 192 Å². The van der Waals surface area contributed by atoms with Crippen molar-refractivity contribution in [1.82, 2.24) is 5.32 Å². The zero-order chi connectivity index (χ0) is 23.8. The number of ether oxygens (including phenoxy) is 3. The highest BCUT2D eigenvalue weighted by Gasteiger charge is 2.35. The molecule has 1 saturated carbocycles. The molecule has 0 saturated heterocycles. The van der Waals surface area contributed by atoms with Gasteiger partial charge in [0, 0.05) is 25.1 Å². The van der Waals surface area contributed by atoms with Gasteiger partial charge in [-0.2, -0.15) is 0 Å². The summed E-state index contributed by atoms with van der Waals surface area (Å²) in [6.45, 7) is 0.767. The van der Waals surface area contributed by atoms with E-state index in [-0.39, 0.29) is 40.6 Å². The Kier molecular flexibility index (Phi) is 8.21. The number of nitro benzene ring substituents is 1. The predicted octanol–water partition coefficient (Wildman–Crippen LogP) is 4.40. The van der Waals surface area contributed by atoms with E-state index in [9.17, 15) is 19.3 Å². The fourth-order valence-electron chi connectivity index (χ4n) is 4.33. The normalized spacial score (nSPS) is 15.0. The van der Waals surface area contributed by atoms with Crippen molar-refractivity contribution >= 4 is 11.6 Å². The van der Waals surface area contributed by atoms with Gasteiger partial charge in [0.1, 0.15) is 18.0 Å². The van der Waals surface area contributed by atoms with E-state index in [1.165, 1.54) is 38.5 Å². The molecule has 9 heteroatoms. The summed E-state index contributed by atoms with van der Waals surface area (Å²) >= 11 is 0. The molecule has 1 N–H and O–H groups in total. The molecule has 2 aromatic carbocycles. The van der Waals surface area contributed by atoms with E-state index in [0.717, 1.165) is 37.7 Å². The molecule has 0 atom stereocenters. The van der Waals surface area contributed by atoms with Gasteiger partial charge in [-0.1, -0.05) is 31.4 Å². The largest absolute Gasteiger partial charge is 0.493 e. The van der Waals surface area contributed by atoms with Crippen LogP contribution in [-0.2, 0) is 10.2 Å². The number of nitrogens with one attached hydrogen (secondary N) is 1. The number of carbonyl (C=O) groups is 1. The van der Waals surface area contributed by atoms with Crippen LogP contribution in [-0.4, -0.2) is 44.8 Å². The topological polar surface area (TPSA) is 99.9 Å². The van der Waals surface area contributed by atoms with E-state index in [4.69, 9.17) is 14.2 Å². The first-order valence-electron chi connectivity index (χ1n) is 10.9. The molecular weight excluding hydrogens is 431 g/mol. The lowest BCUT2D eigenvalue weighted by Gasteiger charge is -2.38. The molecule has 178 valence electrons. The Morgan fingerprint density at radius 3 is 2.39 bits per heavy atom. The van der Waals surface area contributed by atoms with Gasteiger partial charge in [0.15, 0.2) is 11.5 Å². The zero-order valence-corrected chi connectivity index (χ0v) is 18.9. The summed E-state index contributed by atoms with van der Waals surface area (Å²) in [5, 5.41) is 14.6. The van der Waals surface area contributed by atoms with Crippen LogP contribution >= 0.6 is 0 Å². The number of halogens is 1. The molecule has 3 rings (SSSR count). The van der Waals surface area contributed by atoms with Gasteiger partial charge in [-0.3, -0.25) is 14.9 Å². The molecule has 8 nitrogen and oxygen atoms in total. The lowest BCUT2D eigenvalue weighted by Crippen LogP contribution is -2.42. The van der Waals surface area contributed by atoms with E-state index >= 15 is 0 Å². The van der Waals surface area contributed by atoms with Crippen LogP contribution in [0.4, 0.5) is 10.1 Å². The minimum absolute atomic E-state index is 0.110. The number of hydrogen-bond donors (Lipinski definition) is 1. The maximum absolute atomic E-state index is 13.5. The highest BCUT2D eigenvalue weighted by Crippen LogP contribution is 2.40. The second-order valence-corrected chi connectivity index (χ2v) is 8.15. The molecule has 2 aromatic rings. The Hall–Kier alpha value is -3.20. The second kappa shape index (κ2) is 11.1. The van der Waals surface area contributed by atoms with Crippen molar-refractivity contribution < 1.29 is 28.3 Å². The summed E-state index contributed by atoms with van der Waals surface area (Å²) in [6, 6.07) is 8.87. The Morgan fingerprint density at radius 1 is 1.09 bits per heavy atom. The molecule has 1 amide bonds. The van der Waals surface area contributed by atoms with Crippen LogP contribution in [0.2, 0.25) is 0 Å². The molecule has 0 aliphatic heterocycles. The van der Waals surface area contributed by atoms with Crippen LogP contribution in [0.25, 0.3) is 0 Å². The van der Waals surface area contributed by atoms with Crippen molar-refractivity contribution in [1.29, 1.82) is 0 Å². The molecule has 1 aliphatic rings. The van der Waals surface area contributed by atoms with Gasteiger partial charge in [-0.15, -0.1) is 0 Å². The Bertz CT molecular complexity index is 974. The summed E-state index contributed by atoms with van der Waals surface area (Å²) in [5.74, 6) is -0.514. The zero-order valence-electron chi connectivity index (χ0n) is 18.9. The van der Waals surface area contributed by atoms with Crippen molar-refractivity contribution in [2.45, 2.75) is 37.5 Å². The van der Waals surface area contributed by atoms with Gasteiger partial charge in [0.2, 0.25) is 0 Å². The molecule has 0 unspecified atom stereocenters. The lowest BCUT2D eigenvalue weighted by molar-refractivity contribution is -0.385. The summed E-state index contributed by atoms with van der Waals surface area (Å²) in [7, 11) is 2.92. The Morgan fingerprint density at radius 2 is 1.79 bits per heavy atom. The van der Waals surface area contributed by atoms with Crippen LogP contribution < -0.4 is 14.8 Å².